The van der Waals surface area contributed by atoms with Gasteiger partial charge in [-0.25, -0.2) is 0 Å². The molecule has 0 spiro atoms. The Labute approximate surface area is 176 Å². The van der Waals surface area contributed by atoms with Crippen molar-refractivity contribution < 1.29 is 4.79 Å². The van der Waals surface area contributed by atoms with E-state index in [1.54, 1.807) is 11.3 Å². The van der Waals surface area contributed by atoms with E-state index < -0.39 is 0 Å². The molecule has 2 fully saturated rings. The second-order valence-corrected chi connectivity index (χ2v) is 8.64. The summed E-state index contributed by atoms with van der Waals surface area (Å²) in [5.41, 5.74) is 0.616. The molecule has 0 saturated carbocycles. The molecule has 4 rings (SSSR count). The maximum absolute atomic E-state index is 12.7. The largest absolute Gasteiger partial charge is 0.351 e. The topological polar surface area (TPSA) is 69.5 Å². The molecule has 2 aromatic rings. The summed E-state index contributed by atoms with van der Waals surface area (Å²) in [4.78, 5) is 19.9. The summed E-state index contributed by atoms with van der Waals surface area (Å²) < 4.78 is 1.84. The molecular weight excluding hydrogens is 386 g/mol. The predicted octanol–water partition coefficient (Wildman–Crippen LogP) is 1.69. The van der Waals surface area contributed by atoms with Crippen molar-refractivity contribution in [3.8, 4) is 5.13 Å². The van der Waals surface area contributed by atoms with Crippen LogP contribution in [-0.2, 0) is 0 Å². The zero-order valence-electron chi connectivity index (χ0n) is 17.2. The van der Waals surface area contributed by atoms with Gasteiger partial charge in [0.1, 0.15) is 5.69 Å². The quantitative estimate of drug-likeness (QED) is 0.659. The van der Waals surface area contributed by atoms with E-state index in [0.29, 0.717) is 12.2 Å². The fraction of sp³-hybridized carbons (Fsp3) is 0.650. The Morgan fingerprint density at radius 2 is 1.79 bits per heavy atom. The average Bonchev–Trinajstić information content (AvgIpc) is 3.51. The van der Waals surface area contributed by atoms with Gasteiger partial charge in [-0.1, -0.05) is 18.3 Å². The fourth-order valence-electron chi connectivity index (χ4n) is 4.00. The number of carbonyl (C=O) groups excluding carboxylic acids is 1. The number of carbonyl (C=O) groups is 1. The molecule has 2 saturated heterocycles. The normalized spacial score (nSPS) is 18.4. The van der Waals surface area contributed by atoms with E-state index in [2.05, 4.69) is 37.1 Å². The van der Waals surface area contributed by atoms with Crippen molar-refractivity contribution in [1.29, 1.82) is 0 Å². The summed E-state index contributed by atoms with van der Waals surface area (Å²) in [7, 11) is 0. The van der Waals surface area contributed by atoms with Crippen molar-refractivity contribution in [2.45, 2.75) is 26.2 Å². The van der Waals surface area contributed by atoms with Gasteiger partial charge in [-0.15, -0.1) is 10.2 Å². The lowest BCUT2D eigenvalue weighted by Gasteiger charge is -2.33. The summed E-state index contributed by atoms with van der Waals surface area (Å²) in [6.07, 6.45) is 5.27. The first-order chi connectivity index (χ1) is 14.2. The number of hydrogen-bond donors (Lipinski definition) is 1. The van der Waals surface area contributed by atoms with Gasteiger partial charge >= 0.3 is 0 Å². The number of amides is 1. The number of piperazine rings is 1. The van der Waals surface area contributed by atoms with Crippen LogP contribution in [0.4, 0.5) is 5.13 Å². The van der Waals surface area contributed by atoms with Crippen LogP contribution in [0.2, 0.25) is 0 Å². The Kier molecular flexibility index (Phi) is 6.78. The number of likely N-dealkylation sites (N-methyl/N-ethyl adjacent to an activating group) is 1. The fourth-order valence-corrected chi connectivity index (χ4v) is 4.89. The summed E-state index contributed by atoms with van der Waals surface area (Å²) in [6, 6.07) is 3.73. The Bertz CT molecular complexity index is 790. The first-order valence-electron chi connectivity index (χ1n) is 10.7. The third-order valence-corrected chi connectivity index (χ3v) is 6.80. The lowest BCUT2D eigenvalue weighted by Crippen LogP contribution is -2.46. The van der Waals surface area contributed by atoms with Gasteiger partial charge in [0.2, 0.25) is 10.3 Å². The summed E-state index contributed by atoms with van der Waals surface area (Å²) in [5, 5.41) is 13.4. The van der Waals surface area contributed by atoms with Crippen molar-refractivity contribution in [1.82, 2.24) is 29.9 Å². The van der Waals surface area contributed by atoms with E-state index >= 15 is 0 Å². The Morgan fingerprint density at radius 3 is 2.55 bits per heavy atom. The van der Waals surface area contributed by atoms with Crippen molar-refractivity contribution >= 4 is 22.4 Å². The number of nitrogens with one attached hydrogen (secondary N) is 1. The molecule has 158 valence electrons. The van der Waals surface area contributed by atoms with E-state index in [0.717, 1.165) is 69.0 Å². The second kappa shape index (κ2) is 9.69. The van der Waals surface area contributed by atoms with Crippen LogP contribution in [0.3, 0.4) is 0 Å². The molecule has 1 amide bonds. The summed E-state index contributed by atoms with van der Waals surface area (Å²) in [5.74, 6) is -0.0521. The van der Waals surface area contributed by atoms with Crippen LogP contribution < -0.4 is 10.2 Å². The molecule has 4 heterocycles. The van der Waals surface area contributed by atoms with E-state index in [1.165, 1.54) is 12.8 Å². The van der Waals surface area contributed by atoms with E-state index in [9.17, 15) is 4.79 Å². The highest BCUT2D eigenvalue weighted by atomic mass is 32.1. The minimum Gasteiger partial charge on any atom is -0.351 e. The van der Waals surface area contributed by atoms with Gasteiger partial charge < -0.3 is 20.0 Å². The average molecular weight is 418 g/mol. The highest BCUT2D eigenvalue weighted by molar-refractivity contribution is 7.17. The smallest absolute Gasteiger partial charge is 0.268 e. The SMILES string of the molecule is CCN1CCN(CCCNC(=O)c2cccn2-c2nnc(N3CCCC3)s2)CC1. The Hall–Kier alpha value is -1.97. The van der Waals surface area contributed by atoms with Crippen LogP contribution in [0.25, 0.3) is 5.13 Å². The molecular formula is C20H31N7OS. The van der Waals surface area contributed by atoms with Crippen molar-refractivity contribution in [2.75, 3.05) is 63.8 Å². The molecule has 1 N–H and O–H groups in total. The number of nitrogens with zero attached hydrogens (tertiary/aromatic N) is 6. The van der Waals surface area contributed by atoms with Crippen molar-refractivity contribution in [3.63, 3.8) is 0 Å². The highest BCUT2D eigenvalue weighted by Crippen LogP contribution is 2.27. The maximum Gasteiger partial charge on any atom is 0.268 e. The molecule has 0 atom stereocenters. The van der Waals surface area contributed by atoms with Gasteiger partial charge in [0.25, 0.3) is 5.91 Å². The number of aromatic nitrogens is 3. The third kappa shape index (κ3) is 4.96. The zero-order chi connectivity index (χ0) is 20.1. The molecule has 0 bridgehead atoms. The minimum absolute atomic E-state index is 0.0521. The van der Waals surface area contributed by atoms with Gasteiger partial charge in [0, 0.05) is 52.0 Å². The van der Waals surface area contributed by atoms with Gasteiger partial charge in [-0.3, -0.25) is 9.36 Å². The molecule has 2 aromatic heterocycles. The predicted molar refractivity (Wildman–Crippen MR) is 116 cm³/mol. The molecule has 0 aliphatic carbocycles. The molecule has 9 heteroatoms. The number of hydrogen-bond acceptors (Lipinski definition) is 7. The van der Waals surface area contributed by atoms with Crippen LogP contribution in [0.5, 0.6) is 0 Å². The Morgan fingerprint density at radius 1 is 1.07 bits per heavy atom. The van der Waals surface area contributed by atoms with Crippen molar-refractivity contribution in [3.05, 3.63) is 24.0 Å². The molecule has 29 heavy (non-hydrogen) atoms. The molecule has 2 aliphatic rings. The van der Waals surface area contributed by atoms with Gasteiger partial charge in [0.05, 0.1) is 0 Å². The van der Waals surface area contributed by atoms with Gasteiger partial charge in [-0.05, 0) is 44.5 Å². The number of anilines is 1. The lowest BCUT2D eigenvalue weighted by molar-refractivity contribution is 0.0941. The van der Waals surface area contributed by atoms with Crippen LogP contribution in [0, 0.1) is 0 Å². The van der Waals surface area contributed by atoms with Crippen LogP contribution >= 0.6 is 11.3 Å². The monoisotopic (exact) mass is 417 g/mol. The van der Waals surface area contributed by atoms with Crippen molar-refractivity contribution in [2.24, 2.45) is 0 Å². The molecule has 2 aliphatic heterocycles. The molecule has 0 radical (unpaired) electrons. The lowest BCUT2D eigenvalue weighted by atomic mass is 10.3. The zero-order valence-corrected chi connectivity index (χ0v) is 18.0. The second-order valence-electron chi connectivity index (χ2n) is 7.71. The first-order valence-corrected chi connectivity index (χ1v) is 11.6. The molecule has 0 unspecified atom stereocenters. The van der Waals surface area contributed by atoms with Crippen LogP contribution in [0.15, 0.2) is 18.3 Å². The number of rotatable bonds is 8. The molecule has 0 aromatic carbocycles. The first kappa shape index (κ1) is 20.3. The van der Waals surface area contributed by atoms with Gasteiger partial charge in [-0.2, -0.15) is 0 Å². The summed E-state index contributed by atoms with van der Waals surface area (Å²) in [6.45, 7) is 11.7. The maximum atomic E-state index is 12.7. The van der Waals surface area contributed by atoms with Crippen LogP contribution in [0.1, 0.15) is 36.7 Å². The van der Waals surface area contributed by atoms with E-state index in [-0.39, 0.29) is 5.91 Å². The van der Waals surface area contributed by atoms with Crippen LogP contribution in [-0.4, -0.2) is 89.4 Å². The standard InChI is InChI=1S/C20H31N7OS/c1-2-24-13-15-25(16-14-24)9-6-8-21-18(28)17-7-5-12-27(17)20-23-22-19(29-20)26-10-3-4-11-26/h5,7,12H,2-4,6,8-11,13-16H2,1H3,(H,21,28). The van der Waals surface area contributed by atoms with Gasteiger partial charge in [0.15, 0.2) is 0 Å². The molecule has 8 nitrogen and oxygen atoms in total. The minimum atomic E-state index is -0.0521. The Balaban J connectivity index is 1.26. The highest BCUT2D eigenvalue weighted by Gasteiger charge is 2.20. The third-order valence-electron chi connectivity index (χ3n) is 5.82. The summed E-state index contributed by atoms with van der Waals surface area (Å²) >= 11 is 1.54. The van der Waals surface area contributed by atoms with E-state index in [1.807, 2.05) is 22.9 Å². The van der Waals surface area contributed by atoms with E-state index in [4.69, 9.17) is 0 Å².